The lowest BCUT2D eigenvalue weighted by Crippen LogP contribution is -2.28. The molecule has 0 aliphatic carbocycles. The van der Waals surface area contributed by atoms with Crippen LogP contribution in [0, 0.1) is 11.8 Å². The van der Waals surface area contributed by atoms with Crippen LogP contribution >= 0.6 is 11.6 Å². The van der Waals surface area contributed by atoms with E-state index in [-0.39, 0.29) is 5.38 Å². The molecule has 3 atom stereocenters. The van der Waals surface area contributed by atoms with E-state index >= 15 is 0 Å². The maximum absolute atomic E-state index is 6.70. The summed E-state index contributed by atoms with van der Waals surface area (Å²) >= 11 is 6.70. The van der Waals surface area contributed by atoms with E-state index in [9.17, 15) is 0 Å². The van der Waals surface area contributed by atoms with Crippen LogP contribution < -0.4 is 9.47 Å². The molecule has 1 aromatic rings. The van der Waals surface area contributed by atoms with Crippen LogP contribution in [0.5, 0.6) is 11.5 Å². The maximum Gasteiger partial charge on any atom is 0.123 e. The second-order valence-electron chi connectivity index (χ2n) is 5.01. The van der Waals surface area contributed by atoms with Crippen molar-refractivity contribution in [1.29, 1.82) is 0 Å². The lowest BCUT2D eigenvalue weighted by Gasteiger charge is -2.33. The van der Waals surface area contributed by atoms with Gasteiger partial charge in [0.15, 0.2) is 0 Å². The Bertz CT molecular complexity index is 422. The zero-order chi connectivity index (χ0) is 13.8. The Morgan fingerprint density at radius 3 is 2.74 bits per heavy atom. The van der Waals surface area contributed by atoms with Gasteiger partial charge in [0.05, 0.1) is 19.6 Å². The van der Waals surface area contributed by atoms with Crippen molar-refractivity contribution in [2.45, 2.75) is 18.7 Å². The predicted molar refractivity (Wildman–Crippen MR) is 76.2 cm³/mol. The highest BCUT2D eigenvalue weighted by Crippen LogP contribution is 2.42. The normalized spacial score (nSPS) is 24.8. The smallest absolute Gasteiger partial charge is 0.123 e. The van der Waals surface area contributed by atoms with Crippen molar-refractivity contribution in [1.82, 2.24) is 0 Å². The predicted octanol–water partition coefficient (Wildman–Crippen LogP) is 3.66. The minimum Gasteiger partial charge on any atom is -0.497 e. The van der Waals surface area contributed by atoms with E-state index in [0.29, 0.717) is 11.8 Å². The fourth-order valence-electron chi connectivity index (χ4n) is 2.62. The van der Waals surface area contributed by atoms with Crippen molar-refractivity contribution in [3.8, 4) is 11.5 Å². The molecule has 3 unspecified atom stereocenters. The molecule has 1 aliphatic heterocycles. The molecular weight excluding hydrogens is 264 g/mol. The molecule has 1 heterocycles. The third kappa shape index (κ3) is 3.15. The van der Waals surface area contributed by atoms with E-state index in [1.54, 1.807) is 14.2 Å². The summed E-state index contributed by atoms with van der Waals surface area (Å²) in [5, 5.41) is -0.0797. The van der Waals surface area contributed by atoms with Gasteiger partial charge in [0.1, 0.15) is 11.5 Å². The van der Waals surface area contributed by atoms with Crippen LogP contribution in [0.4, 0.5) is 0 Å². The summed E-state index contributed by atoms with van der Waals surface area (Å²) < 4.78 is 16.2. The van der Waals surface area contributed by atoms with Crippen LogP contribution in [-0.2, 0) is 4.74 Å². The molecular formula is C15H21ClO3. The second kappa shape index (κ2) is 6.49. The van der Waals surface area contributed by atoms with Crippen LogP contribution in [0.15, 0.2) is 18.2 Å². The number of alkyl halides is 1. The first-order chi connectivity index (χ1) is 9.17. The molecule has 0 saturated carbocycles. The number of halogens is 1. The summed E-state index contributed by atoms with van der Waals surface area (Å²) in [5.41, 5.74) is 1.00. The molecule has 0 bridgehead atoms. The average molecular weight is 285 g/mol. The molecule has 0 amide bonds. The molecule has 1 saturated heterocycles. The van der Waals surface area contributed by atoms with E-state index < -0.39 is 0 Å². The molecule has 1 aromatic carbocycles. The van der Waals surface area contributed by atoms with Crippen LogP contribution in [0.2, 0.25) is 0 Å². The van der Waals surface area contributed by atoms with Gasteiger partial charge in [-0.2, -0.15) is 0 Å². The van der Waals surface area contributed by atoms with Gasteiger partial charge in [-0.3, -0.25) is 0 Å². The monoisotopic (exact) mass is 284 g/mol. The SMILES string of the molecule is COc1ccc(OC)c(C(Cl)C2CCOCC2C)c1. The van der Waals surface area contributed by atoms with Crippen LogP contribution in [0.25, 0.3) is 0 Å². The van der Waals surface area contributed by atoms with E-state index in [0.717, 1.165) is 36.7 Å². The third-order valence-electron chi connectivity index (χ3n) is 3.82. The van der Waals surface area contributed by atoms with Gasteiger partial charge in [-0.25, -0.2) is 0 Å². The summed E-state index contributed by atoms with van der Waals surface area (Å²) in [5.74, 6) is 2.48. The molecule has 4 heteroatoms. The summed E-state index contributed by atoms with van der Waals surface area (Å²) in [4.78, 5) is 0. The summed E-state index contributed by atoms with van der Waals surface area (Å²) in [6.07, 6.45) is 0.982. The van der Waals surface area contributed by atoms with E-state index in [1.807, 2.05) is 18.2 Å². The number of ether oxygens (including phenoxy) is 3. The van der Waals surface area contributed by atoms with Gasteiger partial charge in [-0.15, -0.1) is 11.6 Å². The first kappa shape index (κ1) is 14.5. The van der Waals surface area contributed by atoms with E-state index in [4.69, 9.17) is 25.8 Å². The summed E-state index contributed by atoms with van der Waals surface area (Å²) in [6, 6.07) is 5.77. The van der Waals surface area contributed by atoms with Gasteiger partial charge in [0, 0.05) is 18.8 Å². The van der Waals surface area contributed by atoms with Gasteiger partial charge in [0.2, 0.25) is 0 Å². The largest absolute Gasteiger partial charge is 0.497 e. The van der Waals surface area contributed by atoms with Crippen molar-refractivity contribution < 1.29 is 14.2 Å². The quantitative estimate of drug-likeness (QED) is 0.790. The number of benzene rings is 1. The molecule has 1 aliphatic rings. The molecule has 0 radical (unpaired) electrons. The van der Waals surface area contributed by atoms with Gasteiger partial charge in [0.25, 0.3) is 0 Å². The van der Waals surface area contributed by atoms with Crippen molar-refractivity contribution in [2.75, 3.05) is 27.4 Å². The highest BCUT2D eigenvalue weighted by molar-refractivity contribution is 6.21. The maximum atomic E-state index is 6.70. The average Bonchev–Trinajstić information content (AvgIpc) is 2.46. The van der Waals surface area contributed by atoms with Crippen molar-refractivity contribution in [2.24, 2.45) is 11.8 Å². The van der Waals surface area contributed by atoms with E-state index in [2.05, 4.69) is 6.92 Å². The van der Waals surface area contributed by atoms with Gasteiger partial charge in [-0.1, -0.05) is 6.92 Å². The molecule has 3 nitrogen and oxygen atoms in total. The fraction of sp³-hybridized carbons (Fsp3) is 0.600. The van der Waals surface area contributed by atoms with Crippen molar-refractivity contribution in [3.05, 3.63) is 23.8 Å². The van der Waals surface area contributed by atoms with Gasteiger partial charge in [-0.05, 0) is 36.5 Å². The minimum atomic E-state index is -0.0797. The van der Waals surface area contributed by atoms with Crippen molar-refractivity contribution >= 4 is 11.6 Å². The van der Waals surface area contributed by atoms with Crippen LogP contribution in [0.1, 0.15) is 24.3 Å². The Morgan fingerprint density at radius 2 is 2.11 bits per heavy atom. The van der Waals surface area contributed by atoms with Crippen molar-refractivity contribution in [3.63, 3.8) is 0 Å². The lowest BCUT2D eigenvalue weighted by atomic mass is 9.84. The zero-order valence-electron chi connectivity index (χ0n) is 11.7. The molecule has 0 aromatic heterocycles. The zero-order valence-corrected chi connectivity index (χ0v) is 12.4. The van der Waals surface area contributed by atoms with Gasteiger partial charge >= 0.3 is 0 Å². The number of hydrogen-bond acceptors (Lipinski definition) is 3. The lowest BCUT2D eigenvalue weighted by molar-refractivity contribution is 0.0226. The molecule has 0 N–H and O–H groups in total. The molecule has 2 rings (SSSR count). The highest BCUT2D eigenvalue weighted by Gasteiger charge is 2.31. The Labute approximate surface area is 119 Å². The van der Waals surface area contributed by atoms with E-state index in [1.165, 1.54) is 0 Å². The molecule has 19 heavy (non-hydrogen) atoms. The highest BCUT2D eigenvalue weighted by atomic mass is 35.5. The standard InChI is InChI=1S/C15H21ClO3/c1-10-9-19-7-6-12(10)15(16)13-8-11(17-2)4-5-14(13)18-3/h4-5,8,10,12,15H,6-7,9H2,1-3H3. The topological polar surface area (TPSA) is 27.7 Å². The van der Waals surface area contributed by atoms with Gasteiger partial charge < -0.3 is 14.2 Å². The summed E-state index contributed by atoms with van der Waals surface area (Å²) in [6.45, 7) is 3.75. The Hall–Kier alpha value is -0.930. The Balaban J connectivity index is 2.27. The molecule has 0 spiro atoms. The Morgan fingerprint density at radius 1 is 1.32 bits per heavy atom. The fourth-order valence-corrected chi connectivity index (χ4v) is 3.16. The Kier molecular flexibility index (Phi) is 4.94. The number of rotatable bonds is 4. The molecule has 1 fully saturated rings. The van der Waals surface area contributed by atoms with Crippen LogP contribution in [0.3, 0.4) is 0 Å². The number of hydrogen-bond donors (Lipinski definition) is 0. The molecule has 106 valence electrons. The van der Waals surface area contributed by atoms with Crippen LogP contribution in [-0.4, -0.2) is 27.4 Å². The minimum absolute atomic E-state index is 0.0797. The number of methoxy groups -OCH3 is 2. The summed E-state index contributed by atoms with van der Waals surface area (Å²) in [7, 11) is 3.33. The second-order valence-corrected chi connectivity index (χ2v) is 5.48. The first-order valence-corrected chi connectivity index (χ1v) is 7.04. The first-order valence-electron chi connectivity index (χ1n) is 6.61. The third-order valence-corrected chi connectivity index (χ3v) is 4.38.